The van der Waals surface area contributed by atoms with Crippen LogP contribution in [0.1, 0.15) is 25.3 Å². The maximum atomic E-state index is 12.8. The summed E-state index contributed by atoms with van der Waals surface area (Å²) in [6.45, 7) is 4.15. The van der Waals surface area contributed by atoms with Crippen molar-refractivity contribution in [1.82, 2.24) is 9.62 Å². The third-order valence-electron chi connectivity index (χ3n) is 3.70. The number of hydrogen-bond acceptors (Lipinski definition) is 4. The van der Waals surface area contributed by atoms with Crippen molar-refractivity contribution in [3.8, 4) is 0 Å². The van der Waals surface area contributed by atoms with E-state index in [4.69, 9.17) is 4.74 Å². The van der Waals surface area contributed by atoms with Crippen molar-refractivity contribution >= 4 is 10.0 Å². The molecule has 0 aliphatic carbocycles. The Hall–Kier alpha value is -0.950. The molecule has 1 aromatic carbocycles. The number of hydrogen-bond donors (Lipinski definition) is 1. The van der Waals surface area contributed by atoms with Gasteiger partial charge >= 0.3 is 0 Å². The molecule has 1 heterocycles. The van der Waals surface area contributed by atoms with E-state index >= 15 is 0 Å². The molecule has 21 heavy (non-hydrogen) atoms. The van der Waals surface area contributed by atoms with Crippen molar-refractivity contribution < 1.29 is 13.2 Å². The smallest absolute Gasteiger partial charge is 0.243 e. The van der Waals surface area contributed by atoms with E-state index in [9.17, 15) is 8.42 Å². The summed E-state index contributed by atoms with van der Waals surface area (Å²) in [5.74, 6) is 0. The first-order chi connectivity index (χ1) is 10.1. The van der Waals surface area contributed by atoms with E-state index in [0.717, 1.165) is 25.0 Å². The second-order valence-corrected chi connectivity index (χ2v) is 7.21. The van der Waals surface area contributed by atoms with Gasteiger partial charge in [0.05, 0.1) is 11.0 Å². The molecule has 0 bridgehead atoms. The molecule has 1 fully saturated rings. The highest BCUT2D eigenvalue weighted by molar-refractivity contribution is 7.89. The molecule has 1 saturated heterocycles. The maximum absolute atomic E-state index is 12.8. The topological polar surface area (TPSA) is 58.6 Å². The number of benzene rings is 1. The van der Waals surface area contributed by atoms with Gasteiger partial charge in [-0.1, -0.05) is 19.1 Å². The van der Waals surface area contributed by atoms with Crippen LogP contribution in [-0.4, -0.2) is 45.6 Å². The normalized spacial score (nSPS) is 19.3. The monoisotopic (exact) mass is 312 g/mol. The highest BCUT2D eigenvalue weighted by Crippen LogP contribution is 2.20. The summed E-state index contributed by atoms with van der Waals surface area (Å²) >= 11 is 0. The lowest BCUT2D eigenvalue weighted by Gasteiger charge is -2.23. The van der Waals surface area contributed by atoms with Gasteiger partial charge in [-0.3, -0.25) is 0 Å². The summed E-state index contributed by atoms with van der Waals surface area (Å²) in [5, 5.41) is 3.04. The number of ether oxygens (including phenoxy) is 1. The molecule has 1 atom stereocenters. The highest BCUT2D eigenvalue weighted by Gasteiger charge is 2.27. The van der Waals surface area contributed by atoms with Crippen LogP contribution in [0.25, 0.3) is 0 Å². The third-order valence-corrected chi connectivity index (χ3v) is 5.64. The molecule has 0 amide bonds. The zero-order valence-electron chi connectivity index (χ0n) is 12.7. The highest BCUT2D eigenvalue weighted by atomic mass is 32.2. The summed E-state index contributed by atoms with van der Waals surface area (Å²) in [6, 6.07) is 7.11. The van der Waals surface area contributed by atoms with Gasteiger partial charge in [0.2, 0.25) is 10.0 Å². The van der Waals surface area contributed by atoms with Crippen molar-refractivity contribution in [2.45, 2.75) is 37.3 Å². The molecule has 6 heteroatoms. The Morgan fingerprint density at radius 3 is 2.86 bits per heavy atom. The van der Waals surface area contributed by atoms with E-state index in [1.807, 2.05) is 20.0 Å². The number of nitrogens with zero attached hydrogens (tertiary/aromatic N) is 1. The molecule has 0 spiro atoms. The van der Waals surface area contributed by atoms with Crippen molar-refractivity contribution in [2.24, 2.45) is 0 Å². The van der Waals surface area contributed by atoms with Gasteiger partial charge in [0, 0.05) is 26.2 Å². The molecule has 1 aliphatic heterocycles. The minimum atomic E-state index is -3.45. The van der Waals surface area contributed by atoms with E-state index in [-0.39, 0.29) is 6.10 Å². The molecule has 0 saturated carbocycles. The molecule has 2 rings (SSSR count). The van der Waals surface area contributed by atoms with Crippen LogP contribution >= 0.6 is 0 Å². The second kappa shape index (κ2) is 7.35. The van der Waals surface area contributed by atoms with Gasteiger partial charge in [-0.25, -0.2) is 8.42 Å². The van der Waals surface area contributed by atoms with Gasteiger partial charge in [-0.15, -0.1) is 0 Å². The van der Waals surface area contributed by atoms with Crippen LogP contribution in [0.3, 0.4) is 0 Å². The lowest BCUT2D eigenvalue weighted by Crippen LogP contribution is -2.37. The number of likely N-dealkylation sites (N-methyl/N-ethyl adjacent to an activating group) is 1. The lowest BCUT2D eigenvalue weighted by atomic mass is 10.2. The van der Waals surface area contributed by atoms with Crippen molar-refractivity contribution in [2.75, 3.05) is 26.7 Å². The van der Waals surface area contributed by atoms with Crippen LogP contribution < -0.4 is 5.32 Å². The van der Waals surface area contributed by atoms with E-state index in [1.165, 1.54) is 4.31 Å². The number of sulfonamides is 1. The molecule has 1 aromatic rings. The average molecular weight is 312 g/mol. The van der Waals surface area contributed by atoms with E-state index in [0.29, 0.717) is 24.5 Å². The second-order valence-electron chi connectivity index (χ2n) is 5.27. The molecule has 0 radical (unpaired) electrons. The molecular formula is C15H24N2O3S. The fourth-order valence-corrected chi connectivity index (χ4v) is 4.13. The summed E-state index contributed by atoms with van der Waals surface area (Å²) < 4.78 is 32.6. The Bertz CT molecular complexity index is 554. The molecule has 5 nitrogen and oxygen atoms in total. The summed E-state index contributed by atoms with van der Waals surface area (Å²) in [4.78, 5) is 0.357. The first-order valence-corrected chi connectivity index (χ1v) is 8.87. The Morgan fingerprint density at radius 1 is 1.43 bits per heavy atom. The Labute approximate surface area is 127 Å². The van der Waals surface area contributed by atoms with Crippen molar-refractivity contribution in [3.63, 3.8) is 0 Å². The van der Waals surface area contributed by atoms with Gasteiger partial charge in [-0.05, 0) is 37.6 Å². The lowest BCUT2D eigenvalue weighted by molar-refractivity contribution is 0.0947. The molecule has 1 unspecified atom stereocenters. The van der Waals surface area contributed by atoms with Crippen LogP contribution in [0.2, 0.25) is 0 Å². The zero-order chi connectivity index (χ0) is 15.3. The van der Waals surface area contributed by atoms with Crippen LogP contribution in [0.4, 0.5) is 0 Å². The molecule has 1 aliphatic rings. The summed E-state index contributed by atoms with van der Waals surface area (Å²) in [6.07, 6.45) is 1.98. The standard InChI is InChI=1S/C15H24N2O3S/c1-3-17(12-14-7-5-9-20-14)21(18,19)15-8-4-6-13(10-15)11-16-2/h4,6,8,10,14,16H,3,5,7,9,11-12H2,1-2H3. The van der Waals surface area contributed by atoms with E-state index in [1.54, 1.807) is 18.2 Å². The van der Waals surface area contributed by atoms with Gasteiger partial charge in [0.25, 0.3) is 0 Å². The predicted octanol–water partition coefficient (Wildman–Crippen LogP) is 1.60. The first-order valence-electron chi connectivity index (χ1n) is 7.43. The SMILES string of the molecule is CCN(CC1CCCO1)S(=O)(=O)c1cccc(CNC)c1. The fraction of sp³-hybridized carbons (Fsp3) is 0.600. The fourth-order valence-electron chi connectivity index (χ4n) is 2.58. The van der Waals surface area contributed by atoms with Crippen LogP contribution in [0, 0.1) is 0 Å². The minimum absolute atomic E-state index is 0.0280. The minimum Gasteiger partial charge on any atom is -0.377 e. The van der Waals surface area contributed by atoms with Crippen LogP contribution in [0.5, 0.6) is 0 Å². The summed E-state index contributed by atoms with van der Waals surface area (Å²) in [5.41, 5.74) is 0.965. The maximum Gasteiger partial charge on any atom is 0.243 e. The Balaban J connectivity index is 2.19. The quantitative estimate of drug-likeness (QED) is 0.831. The van der Waals surface area contributed by atoms with Gasteiger partial charge in [-0.2, -0.15) is 4.31 Å². The largest absolute Gasteiger partial charge is 0.377 e. The first kappa shape index (κ1) is 16.4. The zero-order valence-corrected chi connectivity index (χ0v) is 13.5. The third kappa shape index (κ3) is 4.03. The van der Waals surface area contributed by atoms with E-state index < -0.39 is 10.0 Å². The molecule has 118 valence electrons. The van der Waals surface area contributed by atoms with Gasteiger partial charge in [0.1, 0.15) is 0 Å². The van der Waals surface area contributed by atoms with Crippen LogP contribution in [0.15, 0.2) is 29.2 Å². The summed E-state index contributed by atoms with van der Waals surface area (Å²) in [7, 11) is -1.61. The van der Waals surface area contributed by atoms with E-state index in [2.05, 4.69) is 5.32 Å². The Kier molecular flexibility index (Phi) is 5.75. The average Bonchev–Trinajstić information content (AvgIpc) is 2.98. The molecular weight excluding hydrogens is 288 g/mol. The predicted molar refractivity (Wildman–Crippen MR) is 82.6 cm³/mol. The molecule has 0 aromatic heterocycles. The molecule has 1 N–H and O–H groups in total. The Morgan fingerprint density at radius 2 is 2.24 bits per heavy atom. The van der Waals surface area contributed by atoms with Crippen molar-refractivity contribution in [3.05, 3.63) is 29.8 Å². The van der Waals surface area contributed by atoms with Gasteiger partial charge < -0.3 is 10.1 Å². The van der Waals surface area contributed by atoms with Gasteiger partial charge in [0.15, 0.2) is 0 Å². The van der Waals surface area contributed by atoms with Crippen molar-refractivity contribution in [1.29, 1.82) is 0 Å². The number of rotatable bonds is 7. The number of nitrogens with one attached hydrogen (secondary N) is 1. The van der Waals surface area contributed by atoms with Crippen LogP contribution in [-0.2, 0) is 21.3 Å².